The molecule has 16 nitrogen and oxygen atoms in total. The van der Waals surface area contributed by atoms with Crippen molar-refractivity contribution in [3.63, 3.8) is 0 Å². The summed E-state index contributed by atoms with van der Waals surface area (Å²) in [4.78, 5) is 109. The number of esters is 4. The lowest BCUT2D eigenvalue weighted by atomic mass is 9.66. The van der Waals surface area contributed by atoms with Crippen molar-refractivity contribution in [2.24, 2.45) is 22.2 Å². The van der Waals surface area contributed by atoms with E-state index in [1.807, 2.05) is 0 Å². The lowest BCUT2D eigenvalue weighted by molar-refractivity contribution is -0.166. The van der Waals surface area contributed by atoms with Crippen molar-refractivity contribution in [1.82, 2.24) is 0 Å². The van der Waals surface area contributed by atoms with Crippen molar-refractivity contribution in [2.45, 2.75) is 86.0 Å². The van der Waals surface area contributed by atoms with Crippen molar-refractivity contribution < 1.29 is 77.4 Å². The first kappa shape index (κ1) is 50.1. The molecular weight excluding hydrogens is 753 g/mol. The van der Waals surface area contributed by atoms with E-state index in [1.165, 1.54) is 46.4 Å². The second kappa shape index (κ2) is 24.5. The summed E-state index contributed by atoms with van der Waals surface area (Å²) in [7, 11) is 1.16. The molecule has 54 heavy (non-hydrogen) atoms. The highest BCUT2D eigenvalue weighted by atomic mass is 32.2. The van der Waals surface area contributed by atoms with E-state index in [-0.39, 0.29) is 105 Å². The van der Waals surface area contributed by atoms with Gasteiger partial charge in [-0.25, -0.2) is 4.79 Å². The second-order valence-corrected chi connectivity index (χ2v) is 16.3. The number of ketones is 2. The predicted octanol–water partition coefficient (Wildman–Crippen LogP) is 4.00. The molecule has 0 bridgehead atoms. The number of carbonyl (C=O) groups excluding carboxylic acids is 6. The Kier molecular flexibility index (Phi) is 22.7. The van der Waals surface area contributed by atoms with Crippen molar-refractivity contribution in [2.75, 3.05) is 49.9 Å². The van der Waals surface area contributed by atoms with Gasteiger partial charge in [0.25, 0.3) is 0 Å². The highest BCUT2D eigenvalue weighted by Crippen LogP contribution is 2.45. The van der Waals surface area contributed by atoms with Crippen LogP contribution in [0, 0.1) is 22.2 Å². The van der Waals surface area contributed by atoms with Crippen LogP contribution >= 0.6 is 23.5 Å². The van der Waals surface area contributed by atoms with Crippen molar-refractivity contribution in [3.8, 4) is 0 Å². The zero-order valence-corrected chi connectivity index (χ0v) is 33.5. The van der Waals surface area contributed by atoms with E-state index >= 15 is 0 Å². The fraction of sp³-hybridized carbons (Fsp3) is 0.694. The largest absolute Gasteiger partial charge is 0.481 e. The van der Waals surface area contributed by atoms with Gasteiger partial charge in [0.15, 0.2) is 0 Å². The Morgan fingerprint density at radius 1 is 0.722 bits per heavy atom. The fourth-order valence-electron chi connectivity index (χ4n) is 5.33. The fourth-order valence-corrected chi connectivity index (χ4v) is 7.60. The minimum absolute atomic E-state index is 0.00420. The Balaban J connectivity index is 5.04. The maximum absolute atomic E-state index is 13.0. The van der Waals surface area contributed by atoms with Gasteiger partial charge in [-0.3, -0.25) is 38.4 Å². The molecule has 0 fully saturated rings. The van der Waals surface area contributed by atoms with Gasteiger partial charge in [-0.05, 0) is 53.9 Å². The van der Waals surface area contributed by atoms with Gasteiger partial charge in [0, 0.05) is 47.8 Å². The van der Waals surface area contributed by atoms with Gasteiger partial charge >= 0.3 is 41.8 Å². The standard InChI is InChI=1S/C36H54O16S2/c1-23(2)30(44)51-12-8-9-28(41)50-13-14-52-32(47)34(3,4)20-35(5,31(45)46)21-36(6,33(48)49-7)22-54-16-11-26(38)18-25(37)10-15-53-19-24(29(42)43)17-27(39)40/h24H,1,8-22H2,2-7H3,(H,39,40)(H,42,43)(H,45,46). The number of carbonyl (C=O) groups is 9. The third-order valence-electron chi connectivity index (χ3n) is 8.00. The summed E-state index contributed by atoms with van der Waals surface area (Å²) in [5.74, 6) is -7.61. The number of ether oxygens (including phenoxy) is 4. The molecule has 0 spiro atoms. The van der Waals surface area contributed by atoms with Crippen molar-refractivity contribution in [1.29, 1.82) is 0 Å². The molecule has 0 saturated carbocycles. The normalized spacial score (nSPS) is 14.0. The highest BCUT2D eigenvalue weighted by molar-refractivity contribution is 7.99. The smallest absolute Gasteiger partial charge is 0.333 e. The Morgan fingerprint density at radius 2 is 1.30 bits per heavy atom. The molecular formula is C36H54O16S2. The van der Waals surface area contributed by atoms with E-state index in [2.05, 4.69) is 6.58 Å². The molecule has 0 aromatic carbocycles. The molecule has 3 unspecified atom stereocenters. The number of rotatable bonds is 30. The minimum atomic E-state index is -1.62. The average Bonchev–Trinajstić information content (AvgIpc) is 3.06. The lowest BCUT2D eigenvalue weighted by Crippen LogP contribution is -2.44. The number of methoxy groups -OCH3 is 1. The molecule has 0 heterocycles. The zero-order valence-electron chi connectivity index (χ0n) is 31.9. The van der Waals surface area contributed by atoms with E-state index in [4.69, 9.17) is 29.2 Å². The number of carboxylic acid groups (broad SMARTS) is 3. The molecule has 0 rings (SSSR count). The molecule has 3 N–H and O–H groups in total. The molecule has 0 aliphatic carbocycles. The third kappa shape index (κ3) is 19.9. The number of thioether (sulfide) groups is 2. The van der Waals surface area contributed by atoms with Crippen LogP contribution < -0.4 is 0 Å². The zero-order chi connectivity index (χ0) is 41.7. The summed E-state index contributed by atoms with van der Waals surface area (Å²) >= 11 is 2.32. The highest BCUT2D eigenvalue weighted by Gasteiger charge is 2.49. The quantitative estimate of drug-likeness (QED) is 0.0305. The summed E-state index contributed by atoms with van der Waals surface area (Å²) in [6.07, 6.45) is -1.15. The van der Waals surface area contributed by atoms with Gasteiger partial charge in [-0.2, -0.15) is 23.5 Å². The van der Waals surface area contributed by atoms with Crippen LogP contribution in [0.3, 0.4) is 0 Å². The lowest BCUT2D eigenvalue weighted by Gasteiger charge is -2.38. The molecule has 18 heteroatoms. The Hall–Kier alpha value is -3.93. The van der Waals surface area contributed by atoms with Crippen LogP contribution in [0.25, 0.3) is 0 Å². The first-order valence-electron chi connectivity index (χ1n) is 17.1. The maximum Gasteiger partial charge on any atom is 0.333 e. The van der Waals surface area contributed by atoms with Crippen LogP contribution in [0.2, 0.25) is 0 Å². The number of carboxylic acids is 3. The summed E-state index contributed by atoms with van der Waals surface area (Å²) in [5, 5.41) is 28.2. The summed E-state index contributed by atoms with van der Waals surface area (Å²) in [5.41, 5.74) is -4.09. The van der Waals surface area contributed by atoms with Crippen LogP contribution in [0.4, 0.5) is 0 Å². The van der Waals surface area contributed by atoms with Gasteiger partial charge < -0.3 is 34.3 Å². The van der Waals surface area contributed by atoms with Gasteiger partial charge in [0.05, 0.1) is 48.7 Å². The maximum atomic E-state index is 13.0. The molecule has 0 aliphatic heterocycles. The van der Waals surface area contributed by atoms with E-state index < -0.39 is 70.4 Å². The Bertz CT molecular complexity index is 1380. The van der Waals surface area contributed by atoms with Crippen LogP contribution in [0.15, 0.2) is 12.2 Å². The topological polar surface area (TPSA) is 251 Å². The molecule has 3 atom stereocenters. The third-order valence-corrected chi connectivity index (χ3v) is 10.5. The first-order valence-corrected chi connectivity index (χ1v) is 19.4. The van der Waals surface area contributed by atoms with E-state index in [1.54, 1.807) is 0 Å². The number of hydrogen-bond acceptors (Lipinski definition) is 15. The Morgan fingerprint density at radius 3 is 1.81 bits per heavy atom. The predicted molar refractivity (Wildman–Crippen MR) is 198 cm³/mol. The molecule has 0 aromatic rings. The average molecular weight is 807 g/mol. The molecule has 0 radical (unpaired) electrons. The minimum Gasteiger partial charge on any atom is -0.481 e. The van der Waals surface area contributed by atoms with Crippen LogP contribution in [0.5, 0.6) is 0 Å². The van der Waals surface area contributed by atoms with Crippen LogP contribution in [-0.2, 0) is 62.1 Å². The van der Waals surface area contributed by atoms with E-state index in [9.17, 15) is 48.3 Å². The number of hydrogen-bond donors (Lipinski definition) is 3. The molecule has 306 valence electrons. The van der Waals surface area contributed by atoms with Gasteiger partial charge in [-0.15, -0.1) is 0 Å². The van der Waals surface area contributed by atoms with Crippen LogP contribution in [0.1, 0.15) is 86.0 Å². The van der Waals surface area contributed by atoms with Gasteiger partial charge in [0.1, 0.15) is 24.8 Å². The first-order chi connectivity index (χ1) is 25.0. The van der Waals surface area contributed by atoms with Gasteiger partial charge in [0.2, 0.25) is 0 Å². The molecule has 0 aromatic heterocycles. The molecule has 0 saturated heterocycles. The summed E-state index contributed by atoms with van der Waals surface area (Å²) in [6.45, 7) is 10.4. The SMILES string of the molecule is C=C(C)C(=O)OCCCC(=O)OCCOC(=O)C(C)(C)CC(C)(CC(C)(CSCCC(=O)CC(=O)CCSCC(CC(=O)O)C(=O)O)C(=O)OC)C(=O)O. The van der Waals surface area contributed by atoms with Gasteiger partial charge in [-0.1, -0.05) is 6.58 Å². The number of aliphatic carboxylic acids is 3. The summed E-state index contributed by atoms with van der Waals surface area (Å²) < 4.78 is 20.2. The molecule has 0 amide bonds. The van der Waals surface area contributed by atoms with E-state index in [0.717, 1.165) is 18.9 Å². The van der Waals surface area contributed by atoms with Crippen LogP contribution in [-0.4, -0.2) is 119 Å². The van der Waals surface area contributed by atoms with Crippen molar-refractivity contribution in [3.05, 3.63) is 12.2 Å². The monoisotopic (exact) mass is 806 g/mol. The second-order valence-electron chi connectivity index (χ2n) is 14.0. The Labute approximate surface area is 323 Å². The number of Topliss-reactive ketones (excluding diaryl/α,β-unsaturated/α-hetero) is 2. The summed E-state index contributed by atoms with van der Waals surface area (Å²) in [6, 6.07) is 0. The van der Waals surface area contributed by atoms with E-state index in [0.29, 0.717) is 0 Å². The van der Waals surface area contributed by atoms with Crippen molar-refractivity contribution >= 4 is 76.9 Å². The molecule has 0 aliphatic rings.